The minimum absolute atomic E-state index is 0.0425. The van der Waals surface area contributed by atoms with Gasteiger partial charge in [0.1, 0.15) is 11.9 Å². The van der Waals surface area contributed by atoms with Crippen LogP contribution < -0.4 is 10.6 Å². The van der Waals surface area contributed by atoms with Crippen molar-refractivity contribution in [1.82, 2.24) is 10.3 Å². The van der Waals surface area contributed by atoms with Crippen LogP contribution in [0, 0.1) is 0 Å². The minimum atomic E-state index is -0.315. The largest absolute Gasteiger partial charge is 0.358 e. The maximum atomic E-state index is 11.5. The van der Waals surface area contributed by atoms with E-state index in [2.05, 4.69) is 47.5 Å². The standard InChI is InChI=1S/C10H13Br2N3O/c1-3-13-10(16)6(2)15-9-8(12)4-7(11)5-14-9/h4-6H,3H2,1-2H3,(H,13,16)(H,14,15). The van der Waals surface area contributed by atoms with Gasteiger partial charge in [0.25, 0.3) is 0 Å². The number of aromatic nitrogens is 1. The van der Waals surface area contributed by atoms with E-state index >= 15 is 0 Å². The molecule has 6 heteroatoms. The zero-order valence-corrected chi connectivity index (χ0v) is 12.2. The summed E-state index contributed by atoms with van der Waals surface area (Å²) in [5.74, 6) is 0.612. The van der Waals surface area contributed by atoms with Crippen LogP contribution in [0.15, 0.2) is 21.2 Å². The van der Waals surface area contributed by atoms with Crippen LogP contribution in [0.1, 0.15) is 13.8 Å². The number of hydrogen-bond acceptors (Lipinski definition) is 3. The van der Waals surface area contributed by atoms with Crippen molar-refractivity contribution in [3.8, 4) is 0 Å². The molecule has 0 bridgehead atoms. The normalized spacial score (nSPS) is 12.0. The first kappa shape index (κ1) is 13.4. The molecule has 88 valence electrons. The van der Waals surface area contributed by atoms with Crippen LogP contribution in [-0.2, 0) is 4.79 Å². The Kier molecular flexibility index (Phi) is 5.21. The third-order valence-corrected chi connectivity index (χ3v) is 2.94. The van der Waals surface area contributed by atoms with Gasteiger partial charge in [-0.1, -0.05) is 0 Å². The number of nitrogens with zero attached hydrogens (tertiary/aromatic N) is 1. The summed E-state index contributed by atoms with van der Waals surface area (Å²) < 4.78 is 1.70. The van der Waals surface area contributed by atoms with Crippen LogP contribution in [0.2, 0.25) is 0 Å². The summed E-state index contributed by atoms with van der Waals surface area (Å²) >= 11 is 6.69. The van der Waals surface area contributed by atoms with Gasteiger partial charge in [0.2, 0.25) is 5.91 Å². The van der Waals surface area contributed by atoms with Crippen molar-refractivity contribution in [2.45, 2.75) is 19.9 Å². The fourth-order valence-electron chi connectivity index (χ4n) is 1.12. The molecule has 0 spiro atoms. The number of amides is 1. The third-order valence-electron chi connectivity index (χ3n) is 1.91. The maximum Gasteiger partial charge on any atom is 0.242 e. The first-order valence-electron chi connectivity index (χ1n) is 4.90. The summed E-state index contributed by atoms with van der Waals surface area (Å²) in [5.41, 5.74) is 0. The topological polar surface area (TPSA) is 54.0 Å². The van der Waals surface area contributed by atoms with Crippen LogP contribution in [-0.4, -0.2) is 23.5 Å². The van der Waals surface area contributed by atoms with Gasteiger partial charge in [0.05, 0.1) is 4.47 Å². The number of hydrogen-bond donors (Lipinski definition) is 2. The molecular weight excluding hydrogens is 338 g/mol. The van der Waals surface area contributed by atoms with Crippen molar-refractivity contribution in [3.63, 3.8) is 0 Å². The molecule has 0 aliphatic rings. The molecule has 1 aromatic heterocycles. The highest BCUT2D eigenvalue weighted by Crippen LogP contribution is 2.23. The zero-order chi connectivity index (χ0) is 12.1. The number of carbonyl (C=O) groups is 1. The molecule has 1 aromatic rings. The van der Waals surface area contributed by atoms with Crippen molar-refractivity contribution in [3.05, 3.63) is 21.2 Å². The van der Waals surface area contributed by atoms with E-state index in [0.717, 1.165) is 8.95 Å². The highest BCUT2D eigenvalue weighted by Gasteiger charge is 2.13. The molecule has 1 amide bonds. The monoisotopic (exact) mass is 349 g/mol. The Bertz CT molecular complexity index is 384. The predicted octanol–water partition coefficient (Wildman–Crippen LogP) is 2.54. The molecule has 16 heavy (non-hydrogen) atoms. The van der Waals surface area contributed by atoms with Gasteiger partial charge in [0.15, 0.2) is 0 Å². The van der Waals surface area contributed by atoms with E-state index in [1.54, 1.807) is 13.1 Å². The first-order valence-corrected chi connectivity index (χ1v) is 6.48. The van der Waals surface area contributed by atoms with Gasteiger partial charge >= 0.3 is 0 Å². The van der Waals surface area contributed by atoms with Crippen molar-refractivity contribution in [2.24, 2.45) is 0 Å². The summed E-state index contributed by atoms with van der Waals surface area (Å²) in [6.45, 7) is 4.30. The van der Waals surface area contributed by atoms with E-state index in [-0.39, 0.29) is 11.9 Å². The number of rotatable bonds is 4. The van der Waals surface area contributed by atoms with Crippen molar-refractivity contribution in [2.75, 3.05) is 11.9 Å². The summed E-state index contributed by atoms with van der Waals surface area (Å²) in [7, 11) is 0. The number of pyridine rings is 1. The van der Waals surface area contributed by atoms with Gasteiger partial charge in [-0.25, -0.2) is 4.98 Å². The average molecular weight is 351 g/mol. The molecule has 4 nitrogen and oxygen atoms in total. The smallest absolute Gasteiger partial charge is 0.242 e. The molecule has 1 rings (SSSR count). The lowest BCUT2D eigenvalue weighted by Gasteiger charge is -2.14. The molecule has 1 unspecified atom stereocenters. The maximum absolute atomic E-state index is 11.5. The lowest BCUT2D eigenvalue weighted by Crippen LogP contribution is -2.37. The number of halogens is 2. The fraction of sp³-hybridized carbons (Fsp3) is 0.400. The minimum Gasteiger partial charge on any atom is -0.358 e. The molecule has 2 N–H and O–H groups in total. The molecule has 0 aromatic carbocycles. The third kappa shape index (κ3) is 3.75. The second-order valence-electron chi connectivity index (χ2n) is 3.24. The van der Waals surface area contributed by atoms with E-state index in [0.29, 0.717) is 12.4 Å². The predicted molar refractivity (Wildman–Crippen MR) is 71.4 cm³/mol. The average Bonchev–Trinajstić information content (AvgIpc) is 2.22. The molecule has 0 radical (unpaired) electrons. The summed E-state index contributed by atoms with van der Waals surface area (Å²) in [6, 6.07) is 1.56. The lowest BCUT2D eigenvalue weighted by molar-refractivity contribution is -0.121. The SMILES string of the molecule is CCNC(=O)C(C)Nc1ncc(Br)cc1Br. The number of anilines is 1. The van der Waals surface area contributed by atoms with Crippen LogP contribution in [0.4, 0.5) is 5.82 Å². The van der Waals surface area contributed by atoms with E-state index in [4.69, 9.17) is 0 Å². The quantitative estimate of drug-likeness (QED) is 0.877. The highest BCUT2D eigenvalue weighted by molar-refractivity contribution is 9.11. The lowest BCUT2D eigenvalue weighted by atomic mass is 10.3. The molecule has 0 saturated carbocycles. The molecule has 0 fully saturated rings. The van der Waals surface area contributed by atoms with Crippen molar-refractivity contribution < 1.29 is 4.79 Å². The molecular formula is C10H13Br2N3O. The van der Waals surface area contributed by atoms with E-state index in [1.165, 1.54) is 0 Å². The van der Waals surface area contributed by atoms with E-state index in [9.17, 15) is 4.79 Å². The summed E-state index contributed by atoms with van der Waals surface area (Å²) in [6.07, 6.45) is 1.68. The Morgan fingerprint density at radius 1 is 1.56 bits per heavy atom. The van der Waals surface area contributed by atoms with Crippen molar-refractivity contribution in [1.29, 1.82) is 0 Å². The second kappa shape index (κ2) is 6.20. The highest BCUT2D eigenvalue weighted by atomic mass is 79.9. The van der Waals surface area contributed by atoms with Crippen LogP contribution >= 0.6 is 31.9 Å². The van der Waals surface area contributed by atoms with Gasteiger partial charge in [-0.3, -0.25) is 4.79 Å². The Labute approximate surface area is 111 Å². The number of likely N-dealkylation sites (N-methyl/N-ethyl adjacent to an activating group) is 1. The fourth-order valence-corrected chi connectivity index (χ4v) is 2.22. The van der Waals surface area contributed by atoms with Crippen LogP contribution in [0.25, 0.3) is 0 Å². The van der Waals surface area contributed by atoms with Crippen LogP contribution in [0.5, 0.6) is 0 Å². The van der Waals surface area contributed by atoms with Gasteiger partial charge < -0.3 is 10.6 Å². The Morgan fingerprint density at radius 2 is 2.25 bits per heavy atom. The van der Waals surface area contributed by atoms with Gasteiger partial charge in [-0.2, -0.15) is 0 Å². The molecule has 1 heterocycles. The van der Waals surface area contributed by atoms with Crippen molar-refractivity contribution >= 4 is 43.6 Å². The molecule has 0 aliphatic heterocycles. The van der Waals surface area contributed by atoms with E-state index < -0.39 is 0 Å². The number of carbonyl (C=O) groups excluding carboxylic acids is 1. The Hall–Kier alpha value is -0.620. The summed E-state index contributed by atoms with van der Waals surface area (Å²) in [5, 5.41) is 5.77. The first-order chi connectivity index (χ1) is 7.54. The summed E-state index contributed by atoms with van der Waals surface area (Å²) in [4.78, 5) is 15.7. The Balaban J connectivity index is 2.69. The number of nitrogens with one attached hydrogen (secondary N) is 2. The van der Waals surface area contributed by atoms with Gasteiger partial charge in [0, 0.05) is 17.2 Å². The molecule has 0 saturated heterocycles. The molecule has 0 aliphatic carbocycles. The molecule has 1 atom stereocenters. The van der Waals surface area contributed by atoms with Gasteiger partial charge in [-0.15, -0.1) is 0 Å². The zero-order valence-electron chi connectivity index (χ0n) is 9.05. The van der Waals surface area contributed by atoms with Gasteiger partial charge in [-0.05, 0) is 51.8 Å². The van der Waals surface area contributed by atoms with Crippen LogP contribution in [0.3, 0.4) is 0 Å². The second-order valence-corrected chi connectivity index (χ2v) is 5.01. The van der Waals surface area contributed by atoms with E-state index in [1.807, 2.05) is 13.0 Å². The Morgan fingerprint density at radius 3 is 2.81 bits per heavy atom.